The summed E-state index contributed by atoms with van der Waals surface area (Å²) in [4.78, 5) is 37.7. The van der Waals surface area contributed by atoms with Gasteiger partial charge in [-0.2, -0.15) is 0 Å². The summed E-state index contributed by atoms with van der Waals surface area (Å²) in [5, 5.41) is 2.74. The van der Waals surface area contributed by atoms with Crippen LogP contribution in [0.1, 0.15) is 11.6 Å². The molecule has 2 fully saturated rings. The average molecular weight is 409 g/mol. The normalized spacial score (nSPS) is 23.0. The van der Waals surface area contributed by atoms with Crippen LogP contribution < -0.4 is 9.96 Å². The van der Waals surface area contributed by atoms with E-state index in [0.29, 0.717) is 5.69 Å². The maximum Gasteiger partial charge on any atom is 0.266 e. The molecule has 6 rings (SSSR count). The molecule has 0 radical (unpaired) electrons. The third-order valence-corrected chi connectivity index (χ3v) is 6.08. The largest absolute Gasteiger partial charge is 0.361 e. The van der Waals surface area contributed by atoms with E-state index in [9.17, 15) is 9.59 Å². The lowest BCUT2D eigenvalue weighted by Gasteiger charge is -2.28. The Hall–Kier alpha value is -3.90. The summed E-state index contributed by atoms with van der Waals surface area (Å²) >= 11 is 0. The van der Waals surface area contributed by atoms with Gasteiger partial charge in [-0.3, -0.25) is 14.4 Å². The van der Waals surface area contributed by atoms with Crippen LogP contribution in [-0.4, -0.2) is 22.9 Å². The Bertz CT molecular complexity index is 1290. The second kappa shape index (κ2) is 6.82. The number of benzene rings is 3. The predicted molar refractivity (Wildman–Crippen MR) is 117 cm³/mol. The molecule has 0 aliphatic carbocycles. The van der Waals surface area contributed by atoms with E-state index in [-0.39, 0.29) is 11.8 Å². The zero-order valence-corrected chi connectivity index (χ0v) is 16.5. The molecule has 0 unspecified atom stereocenters. The molecule has 31 heavy (non-hydrogen) atoms. The van der Waals surface area contributed by atoms with E-state index in [1.54, 1.807) is 17.2 Å². The number of hydrogen-bond donors (Lipinski definition) is 1. The van der Waals surface area contributed by atoms with Gasteiger partial charge < -0.3 is 4.98 Å². The quantitative estimate of drug-likeness (QED) is 0.515. The summed E-state index contributed by atoms with van der Waals surface area (Å²) in [6.07, 6.45) is 1.05. The Kier molecular flexibility index (Phi) is 3.94. The van der Waals surface area contributed by atoms with E-state index in [4.69, 9.17) is 4.84 Å². The van der Waals surface area contributed by atoms with Gasteiger partial charge in [-0.25, -0.2) is 9.96 Å². The van der Waals surface area contributed by atoms with E-state index in [2.05, 4.69) is 4.98 Å². The van der Waals surface area contributed by atoms with Crippen molar-refractivity contribution in [3.63, 3.8) is 0 Å². The molecule has 4 aromatic rings. The minimum Gasteiger partial charge on any atom is -0.361 e. The first-order chi connectivity index (χ1) is 15.2. The number of hydrogen-bond acceptors (Lipinski definition) is 4. The lowest BCUT2D eigenvalue weighted by atomic mass is 9.90. The lowest BCUT2D eigenvalue weighted by Crippen LogP contribution is -2.37. The summed E-state index contributed by atoms with van der Waals surface area (Å²) in [5.41, 5.74) is 3.28. The third-order valence-electron chi connectivity index (χ3n) is 6.08. The Morgan fingerprint density at radius 3 is 2.13 bits per heavy atom. The molecule has 2 aliphatic rings. The molecule has 3 aromatic carbocycles. The van der Waals surface area contributed by atoms with Gasteiger partial charge in [0.15, 0.2) is 6.10 Å². The Morgan fingerprint density at radius 2 is 1.39 bits per heavy atom. The first-order valence-corrected chi connectivity index (χ1v) is 10.2. The first-order valence-electron chi connectivity index (χ1n) is 10.2. The van der Waals surface area contributed by atoms with Crippen LogP contribution in [0.25, 0.3) is 10.9 Å². The minimum absolute atomic E-state index is 0.241. The number of hydroxylamine groups is 1. The summed E-state index contributed by atoms with van der Waals surface area (Å²) in [7, 11) is 0. The van der Waals surface area contributed by atoms with Gasteiger partial charge in [0.05, 0.1) is 17.4 Å². The van der Waals surface area contributed by atoms with Gasteiger partial charge in [0, 0.05) is 22.7 Å². The smallest absolute Gasteiger partial charge is 0.266 e. The van der Waals surface area contributed by atoms with Crippen molar-refractivity contribution in [2.24, 2.45) is 5.92 Å². The van der Waals surface area contributed by atoms with E-state index >= 15 is 0 Å². The average Bonchev–Trinajstić information content (AvgIpc) is 3.48. The van der Waals surface area contributed by atoms with Crippen molar-refractivity contribution in [1.29, 1.82) is 0 Å². The number of aromatic amines is 1. The zero-order chi connectivity index (χ0) is 20.9. The van der Waals surface area contributed by atoms with Gasteiger partial charge in [0.2, 0.25) is 5.91 Å². The van der Waals surface area contributed by atoms with Crippen LogP contribution in [0.2, 0.25) is 0 Å². The number of para-hydroxylation sites is 3. The van der Waals surface area contributed by atoms with Crippen LogP contribution in [0, 0.1) is 5.92 Å². The number of nitrogens with one attached hydrogen (secondary N) is 1. The number of nitrogens with zero attached hydrogens (tertiary/aromatic N) is 2. The molecule has 3 heterocycles. The standard InChI is InChI=1S/C25H19N3O3/c29-24-21-22(19-15-26-20-14-8-7-13-18(19)20)28(17-11-5-2-6-12-17)31-23(21)25(30)27(24)16-9-3-1-4-10-16/h1-15,21-23,26H/t21-,22-,23+/m0/s1. The summed E-state index contributed by atoms with van der Waals surface area (Å²) in [5.74, 6) is -1.22. The lowest BCUT2D eigenvalue weighted by molar-refractivity contribution is -0.126. The van der Waals surface area contributed by atoms with Gasteiger partial charge in [0.25, 0.3) is 5.91 Å². The van der Waals surface area contributed by atoms with Crippen molar-refractivity contribution in [2.45, 2.75) is 12.1 Å². The molecule has 2 amide bonds. The molecule has 2 saturated heterocycles. The van der Waals surface area contributed by atoms with E-state index in [0.717, 1.165) is 22.2 Å². The highest BCUT2D eigenvalue weighted by Gasteiger charge is 2.60. The van der Waals surface area contributed by atoms with Gasteiger partial charge in [0.1, 0.15) is 5.92 Å². The molecule has 0 saturated carbocycles. The predicted octanol–water partition coefficient (Wildman–Crippen LogP) is 4.22. The molecular weight excluding hydrogens is 390 g/mol. The number of amides is 2. The fourth-order valence-electron chi connectivity index (χ4n) is 4.70. The Balaban J connectivity index is 1.50. The Morgan fingerprint density at radius 1 is 0.742 bits per heavy atom. The van der Waals surface area contributed by atoms with Crippen molar-refractivity contribution in [1.82, 2.24) is 4.98 Å². The summed E-state index contributed by atoms with van der Waals surface area (Å²) < 4.78 is 0. The minimum atomic E-state index is -0.869. The number of rotatable bonds is 3. The molecule has 2 aliphatic heterocycles. The first kappa shape index (κ1) is 17.9. The maximum absolute atomic E-state index is 13.6. The second-order valence-electron chi connectivity index (χ2n) is 7.80. The summed E-state index contributed by atoms with van der Waals surface area (Å²) in [6.45, 7) is 0. The van der Waals surface area contributed by atoms with Crippen LogP contribution in [0.15, 0.2) is 91.1 Å². The number of H-pyrrole nitrogens is 1. The Labute approximate surface area is 178 Å². The van der Waals surface area contributed by atoms with Crippen molar-refractivity contribution < 1.29 is 14.4 Å². The molecular formula is C25H19N3O3. The van der Waals surface area contributed by atoms with Gasteiger partial charge in [-0.1, -0.05) is 54.6 Å². The monoisotopic (exact) mass is 409 g/mol. The highest BCUT2D eigenvalue weighted by atomic mass is 16.7. The third kappa shape index (κ3) is 2.62. The van der Waals surface area contributed by atoms with E-state index in [1.165, 1.54) is 4.90 Å². The molecule has 1 aromatic heterocycles. The van der Waals surface area contributed by atoms with Crippen molar-refractivity contribution in [2.75, 3.05) is 9.96 Å². The number of imide groups is 1. The fraction of sp³-hybridized carbons (Fsp3) is 0.120. The highest BCUT2D eigenvalue weighted by molar-refractivity contribution is 6.24. The van der Waals surface area contributed by atoms with Gasteiger partial charge >= 0.3 is 0 Å². The zero-order valence-electron chi connectivity index (χ0n) is 16.5. The number of fused-ring (bicyclic) bond motifs is 2. The van der Waals surface area contributed by atoms with Gasteiger partial charge in [-0.05, 0) is 30.3 Å². The van der Waals surface area contributed by atoms with Crippen LogP contribution in [0.3, 0.4) is 0 Å². The molecule has 3 atom stereocenters. The van der Waals surface area contributed by atoms with Crippen LogP contribution in [0.5, 0.6) is 0 Å². The van der Waals surface area contributed by atoms with Crippen molar-refractivity contribution >= 4 is 34.1 Å². The van der Waals surface area contributed by atoms with Crippen LogP contribution in [-0.2, 0) is 14.4 Å². The molecule has 0 spiro atoms. The molecule has 6 heteroatoms. The van der Waals surface area contributed by atoms with Crippen LogP contribution in [0.4, 0.5) is 11.4 Å². The number of carbonyl (C=O) groups is 2. The SMILES string of the molecule is O=C1[C@@H]2[C@@H](ON(c3ccccc3)[C@H]2c2c[nH]c3ccccc23)C(=O)N1c1ccccc1. The molecule has 152 valence electrons. The topological polar surface area (TPSA) is 65.6 Å². The van der Waals surface area contributed by atoms with Crippen molar-refractivity contribution in [3.05, 3.63) is 96.7 Å². The number of anilines is 2. The van der Waals surface area contributed by atoms with Crippen molar-refractivity contribution in [3.8, 4) is 0 Å². The van der Waals surface area contributed by atoms with Crippen LogP contribution >= 0.6 is 0 Å². The number of carbonyl (C=O) groups excluding carboxylic acids is 2. The second-order valence-corrected chi connectivity index (χ2v) is 7.80. The van der Waals surface area contributed by atoms with E-state index in [1.807, 2.05) is 79.0 Å². The molecule has 1 N–H and O–H groups in total. The molecule has 6 nitrogen and oxygen atoms in total. The summed E-state index contributed by atoms with van der Waals surface area (Å²) in [6, 6.07) is 26.2. The molecule has 0 bridgehead atoms. The fourth-order valence-corrected chi connectivity index (χ4v) is 4.70. The maximum atomic E-state index is 13.6. The number of aromatic nitrogens is 1. The highest BCUT2D eigenvalue weighted by Crippen LogP contribution is 2.48. The van der Waals surface area contributed by atoms with Gasteiger partial charge in [-0.15, -0.1) is 0 Å². The van der Waals surface area contributed by atoms with E-state index < -0.39 is 18.1 Å².